The van der Waals surface area contributed by atoms with Crippen LogP contribution in [-0.2, 0) is 9.84 Å². The number of carbonyl (C=O) groups excluding carboxylic acids is 1. The first-order valence-corrected chi connectivity index (χ1v) is 8.98. The van der Waals surface area contributed by atoms with Crippen molar-refractivity contribution in [2.45, 2.75) is 50.8 Å². The van der Waals surface area contributed by atoms with E-state index >= 15 is 0 Å². The van der Waals surface area contributed by atoms with Gasteiger partial charge in [-0.05, 0) is 31.9 Å². The second-order valence-electron chi connectivity index (χ2n) is 5.60. The number of carbonyl (C=O) groups is 1. The first-order valence-electron chi connectivity index (χ1n) is 7.33. The van der Waals surface area contributed by atoms with E-state index in [0.29, 0.717) is 5.56 Å². The number of aryl methyl sites for hydroxylation is 1. The molecule has 0 bridgehead atoms. The average molecular weight is 294 g/mol. The van der Waals surface area contributed by atoms with E-state index in [-0.39, 0.29) is 22.3 Å². The maximum absolute atomic E-state index is 12.7. The fourth-order valence-electron chi connectivity index (χ4n) is 2.85. The number of rotatable bonds is 4. The van der Waals surface area contributed by atoms with Crippen LogP contribution in [0.3, 0.4) is 0 Å². The molecule has 0 aliphatic heterocycles. The summed E-state index contributed by atoms with van der Waals surface area (Å²) in [6, 6.07) is 5.09. The largest absolute Gasteiger partial charge is 0.294 e. The molecule has 20 heavy (non-hydrogen) atoms. The Morgan fingerprint density at radius 3 is 2.45 bits per heavy atom. The zero-order valence-electron chi connectivity index (χ0n) is 12.2. The molecule has 1 aromatic rings. The van der Waals surface area contributed by atoms with Crippen molar-refractivity contribution >= 4 is 15.6 Å². The lowest BCUT2D eigenvalue weighted by Crippen LogP contribution is -2.21. The summed E-state index contributed by atoms with van der Waals surface area (Å²) in [6.07, 6.45) is 5.09. The van der Waals surface area contributed by atoms with Crippen molar-refractivity contribution in [3.05, 3.63) is 29.3 Å². The highest BCUT2D eigenvalue weighted by molar-refractivity contribution is 7.91. The molecule has 4 heteroatoms. The van der Waals surface area contributed by atoms with Crippen LogP contribution in [0.1, 0.15) is 54.9 Å². The molecule has 1 saturated carbocycles. The van der Waals surface area contributed by atoms with Gasteiger partial charge >= 0.3 is 0 Å². The lowest BCUT2D eigenvalue weighted by Gasteiger charge is -2.21. The Kier molecular flexibility index (Phi) is 4.63. The molecule has 1 aliphatic rings. The normalized spacial score (nSPS) is 17.1. The smallest absolute Gasteiger partial charge is 0.178 e. The first kappa shape index (κ1) is 15.2. The number of ketones is 1. The number of sulfone groups is 1. The van der Waals surface area contributed by atoms with E-state index in [0.717, 1.165) is 31.2 Å². The summed E-state index contributed by atoms with van der Waals surface area (Å²) in [4.78, 5) is 12.9. The highest BCUT2D eigenvalue weighted by Crippen LogP contribution is 2.30. The molecule has 0 aromatic heterocycles. The minimum atomic E-state index is -3.35. The molecule has 0 heterocycles. The third-order valence-electron chi connectivity index (χ3n) is 4.09. The average Bonchev–Trinajstić information content (AvgIpc) is 2.47. The van der Waals surface area contributed by atoms with Gasteiger partial charge in [0, 0.05) is 11.5 Å². The van der Waals surface area contributed by atoms with Crippen LogP contribution in [0.15, 0.2) is 23.1 Å². The SMILES string of the molecule is CCS(=O)(=O)c1ccc(C)cc1C(=O)C1CCCCC1. The summed E-state index contributed by atoms with van der Waals surface area (Å²) in [5.41, 5.74) is 1.33. The van der Waals surface area contributed by atoms with Crippen molar-refractivity contribution in [1.29, 1.82) is 0 Å². The predicted molar refractivity (Wildman–Crippen MR) is 79.8 cm³/mol. The van der Waals surface area contributed by atoms with E-state index in [1.54, 1.807) is 25.1 Å². The van der Waals surface area contributed by atoms with Crippen LogP contribution < -0.4 is 0 Å². The Morgan fingerprint density at radius 1 is 1.20 bits per heavy atom. The second-order valence-corrected chi connectivity index (χ2v) is 7.85. The molecule has 3 nitrogen and oxygen atoms in total. The Bertz CT molecular complexity index is 596. The number of Topliss-reactive ketones (excluding diaryl/α,β-unsaturated/α-hetero) is 1. The maximum atomic E-state index is 12.7. The third-order valence-corrected chi connectivity index (χ3v) is 5.88. The fraction of sp³-hybridized carbons (Fsp3) is 0.562. The van der Waals surface area contributed by atoms with Crippen LogP contribution >= 0.6 is 0 Å². The van der Waals surface area contributed by atoms with Gasteiger partial charge in [0.2, 0.25) is 0 Å². The molecule has 0 unspecified atom stereocenters. The highest BCUT2D eigenvalue weighted by atomic mass is 32.2. The number of hydrogen-bond donors (Lipinski definition) is 0. The predicted octanol–water partition coefficient (Wildman–Crippen LogP) is 3.55. The van der Waals surface area contributed by atoms with E-state index in [4.69, 9.17) is 0 Å². The zero-order chi connectivity index (χ0) is 14.8. The van der Waals surface area contributed by atoms with E-state index < -0.39 is 9.84 Å². The Balaban J connectivity index is 2.44. The quantitative estimate of drug-likeness (QED) is 0.798. The van der Waals surface area contributed by atoms with E-state index in [1.165, 1.54) is 6.42 Å². The van der Waals surface area contributed by atoms with Crippen molar-refractivity contribution in [2.75, 3.05) is 5.75 Å². The Morgan fingerprint density at radius 2 is 1.85 bits per heavy atom. The topological polar surface area (TPSA) is 51.2 Å². The summed E-state index contributed by atoms with van der Waals surface area (Å²) in [6.45, 7) is 3.50. The molecule has 1 aromatic carbocycles. The van der Waals surface area contributed by atoms with Gasteiger partial charge in [-0.2, -0.15) is 0 Å². The van der Waals surface area contributed by atoms with Gasteiger partial charge in [0.05, 0.1) is 10.6 Å². The fourth-order valence-corrected chi connectivity index (χ4v) is 3.93. The molecule has 0 spiro atoms. The van der Waals surface area contributed by atoms with E-state index in [1.807, 2.05) is 6.92 Å². The van der Waals surface area contributed by atoms with Crippen molar-refractivity contribution < 1.29 is 13.2 Å². The van der Waals surface area contributed by atoms with Crippen molar-refractivity contribution in [2.24, 2.45) is 5.92 Å². The Hall–Kier alpha value is -1.16. The van der Waals surface area contributed by atoms with Gasteiger partial charge in [-0.25, -0.2) is 8.42 Å². The zero-order valence-corrected chi connectivity index (χ0v) is 13.0. The van der Waals surface area contributed by atoms with Gasteiger partial charge in [0.1, 0.15) is 0 Å². The third kappa shape index (κ3) is 3.11. The molecule has 0 atom stereocenters. The van der Waals surface area contributed by atoms with Gasteiger partial charge < -0.3 is 0 Å². The first-order chi connectivity index (χ1) is 9.45. The maximum Gasteiger partial charge on any atom is 0.178 e. The second kappa shape index (κ2) is 6.08. The molecule has 0 amide bonds. The van der Waals surface area contributed by atoms with Gasteiger partial charge in [0.15, 0.2) is 15.6 Å². The molecule has 0 radical (unpaired) electrons. The van der Waals surface area contributed by atoms with Gasteiger partial charge in [-0.3, -0.25) is 4.79 Å². The number of benzene rings is 1. The van der Waals surface area contributed by atoms with Crippen LogP contribution in [0.4, 0.5) is 0 Å². The van der Waals surface area contributed by atoms with Crippen molar-refractivity contribution in [1.82, 2.24) is 0 Å². The van der Waals surface area contributed by atoms with Crippen LogP contribution in [-0.4, -0.2) is 20.0 Å². The Labute approximate surface area is 121 Å². The highest BCUT2D eigenvalue weighted by Gasteiger charge is 2.27. The van der Waals surface area contributed by atoms with Crippen LogP contribution in [0.5, 0.6) is 0 Å². The van der Waals surface area contributed by atoms with Crippen LogP contribution in [0, 0.1) is 12.8 Å². The molecular formula is C16H22O3S. The lowest BCUT2D eigenvalue weighted by atomic mass is 9.83. The lowest BCUT2D eigenvalue weighted by molar-refractivity contribution is 0.0886. The summed E-state index contributed by atoms with van der Waals surface area (Å²) < 4.78 is 24.3. The van der Waals surface area contributed by atoms with Crippen molar-refractivity contribution in [3.63, 3.8) is 0 Å². The van der Waals surface area contributed by atoms with Crippen molar-refractivity contribution in [3.8, 4) is 0 Å². The molecule has 2 rings (SSSR count). The summed E-state index contributed by atoms with van der Waals surface area (Å²) in [7, 11) is -3.35. The molecule has 1 fully saturated rings. The summed E-state index contributed by atoms with van der Waals surface area (Å²) in [5.74, 6) is 0.0397. The molecule has 1 aliphatic carbocycles. The molecule has 0 N–H and O–H groups in total. The molecule has 110 valence electrons. The summed E-state index contributed by atoms with van der Waals surface area (Å²) >= 11 is 0. The van der Waals surface area contributed by atoms with Gasteiger partial charge in [0.25, 0.3) is 0 Å². The minimum absolute atomic E-state index is 0.00337. The monoisotopic (exact) mass is 294 g/mol. The van der Waals surface area contributed by atoms with Crippen LogP contribution in [0.2, 0.25) is 0 Å². The van der Waals surface area contributed by atoms with Gasteiger partial charge in [-0.1, -0.05) is 37.8 Å². The standard InChI is InChI=1S/C16H22O3S/c1-3-20(18,19)15-10-9-12(2)11-14(15)16(17)13-7-5-4-6-8-13/h9-11,13H,3-8H2,1-2H3. The van der Waals surface area contributed by atoms with Gasteiger partial charge in [-0.15, -0.1) is 0 Å². The van der Waals surface area contributed by atoms with E-state index in [2.05, 4.69) is 0 Å². The van der Waals surface area contributed by atoms with E-state index in [9.17, 15) is 13.2 Å². The number of hydrogen-bond acceptors (Lipinski definition) is 3. The minimum Gasteiger partial charge on any atom is -0.294 e. The van der Waals surface area contributed by atoms with Crippen LogP contribution in [0.25, 0.3) is 0 Å². The summed E-state index contributed by atoms with van der Waals surface area (Å²) in [5, 5.41) is 0. The molecule has 0 saturated heterocycles. The molecular weight excluding hydrogens is 272 g/mol.